The van der Waals surface area contributed by atoms with Gasteiger partial charge in [-0.1, -0.05) is 0 Å². The molecule has 13 heavy (non-hydrogen) atoms. The van der Waals surface area contributed by atoms with Gasteiger partial charge in [0.25, 0.3) is 0 Å². The van der Waals surface area contributed by atoms with Gasteiger partial charge < -0.3 is 9.32 Å². The number of anilines is 1. The fourth-order valence-corrected chi connectivity index (χ4v) is 1.68. The average molecular weight is 241 g/mol. The van der Waals surface area contributed by atoms with Crippen molar-refractivity contribution in [3.63, 3.8) is 0 Å². The molecular formula is C9H9BrN2O. The minimum absolute atomic E-state index is 0.846. The smallest absolute Gasteiger partial charge is 0.153 e. The van der Waals surface area contributed by atoms with E-state index in [-0.39, 0.29) is 0 Å². The summed E-state index contributed by atoms with van der Waals surface area (Å²) >= 11 is 3.38. The predicted molar refractivity (Wildman–Crippen MR) is 56.0 cm³/mol. The Kier molecular flexibility index (Phi) is 2.00. The lowest BCUT2D eigenvalue weighted by molar-refractivity contribution is 0.613. The van der Waals surface area contributed by atoms with Crippen molar-refractivity contribution in [2.24, 2.45) is 0 Å². The number of halogens is 1. The highest BCUT2D eigenvalue weighted by Gasteiger charge is 2.09. The van der Waals surface area contributed by atoms with E-state index in [9.17, 15) is 0 Å². The summed E-state index contributed by atoms with van der Waals surface area (Å²) in [6, 6.07) is 1.92. The number of hydrogen-bond donors (Lipinski definition) is 0. The van der Waals surface area contributed by atoms with Gasteiger partial charge >= 0.3 is 0 Å². The zero-order chi connectivity index (χ0) is 9.42. The van der Waals surface area contributed by atoms with Crippen molar-refractivity contribution in [1.82, 2.24) is 4.98 Å². The number of hydrogen-bond acceptors (Lipinski definition) is 3. The summed E-state index contributed by atoms with van der Waals surface area (Å²) in [7, 11) is 3.92. The van der Waals surface area contributed by atoms with E-state index >= 15 is 0 Å². The highest BCUT2D eigenvalue weighted by molar-refractivity contribution is 9.10. The zero-order valence-corrected chi connectivity index (χ0v) is 9.00. The summed E-state index contributed by atoms with van der Waals surface area (Å²) < 4.78 is 6.21. The van der Waals surface area contributed by atoms with Crippen LogP contribution in [0.3, 0.4) is 0 Å². The predicted octanol–water partition coefficient (Wildman–Crippen LogP) is 2.66. The molecule has 0 unspecified atom stereocenters. The van der Waals surface area contributed by atoms with E-state index < -0.39 is 0 Å². The Morgan fingerprint density at radius 1 is 1.46 bits per heavy atom. The highest BCUT2D eigenvalue weighted by atomic mass is 79.9. The summed E-state index contributed by atoms with van der Waals surface area (Å²) in [5.41, 5.74) is 0.846. The van der Waals surface area contributed by atoms with Gasteiger partial charge in [-0.2, -0.15) is 0 Å². The van der Waals surface area contributed by atoms with Crippen molar-refractivity contribution in [2.45, 2.75) is 0 Å². The van der Waals surface area contributed by atoms with E-state index in [1.807, 2.05) is 25.1 Å². The lowest BCUT2D eigenvalue weighted by Gasteiger charge is -2.11. The van der Waals surface area contributed by atoms with Crippen LogP contribution < -0.4 is 4.90 Å². The molecule has 0 saturated heterocycles. The molecule has 0 N–H and O–H groups in total. The van der Waals surface area contributed by atoms with Crippen molar-refractivity contribution in [2.75, 3.05) is 19.0 Å². The number of aromatic nitrogens is 1. The van der Waals surface area contributed by atoms with Crippen LogP contribution in [0.2, 0.25) is 0 Å². The lowest BCUT2D eigenvalue weighted by Crippen LogP contribution is -2.10. The molecule has 0 amide bonds. The van der Waals surface area contributed by atoms with E-state index in [1.165, 1.54) is 0 Å². The second-order valence-electron chi connectivity index (χ2n) is 2.99. The largest absolute Gasteiger partial charge is 0.463 e. The first-order chi connectivity index (χ1) is 6.20. The van der Waals surface area contributed by atoms with E-state index in [0.29, 0.717) is 0 Å². The first-order valence-electron chi connectivity index (χ1n) is 3.89. The molecule has 2 rings (SSSR count). The molecule has 2 aromatic heterocycles. The van der Waals surface area contributed by atoms with Crippen molar-refractivity contribution < 1.29 is 4.42 Å². The fourth-order valence-electron chi connectivity index (χ4n) is 1.27. The Morgan fingerprint density at radius 2 is 2.23 bits per heavy atom. The van der Waals surface area contributed by atoms with Gasteiger partial charge in [0.1, 0.15) is 5.82 Å². The van der Waals surface area contributed by atoms with Crippen LogP contribution in [-0.2, 0) is 0 Å². The maximum atomic E-state index is 5.33. The molecular weight excluding hydrogens is 232 g/mol. The maximum Gasteiger partial charge on any atom is 0.153 e. The van der Waals surface area contributed by atoms with Crippen LogP contribution >= 0.6 is 15.9 Å². The van der Waals surface area contributed by atoms with Crippen LogP contribution in [0.25, 0.3) is 11.0 Å². The Balaban J connectivity index is 2.78. The number of fused-ring (bicyclic) bond motifs is 1. The first-order valence-corrected chi connectivity index (χ1v) is 4.68. The van der Waals surface area contributed by atoms with Gasteiger partial charge in [-0.05, 0) is 22.0 Å². The summed E-state index contributed by atoms with van der Waals surface area (Å²) in [4.78, 5) is 6.26. The summed E-state index contributed by atoms with van der Waals surface area (Å²) in [6.45, 7) is 0. The van der Waals surface area contributed by atoms with Crippen LogP contribution in [0.1, 0.15) is 0 Å². The monoisotopic (exact) mass is 240 g/mol. The van der Waals surface area contributed by atoms with Gasteiger partial charge in [0.15, 0.2) is 5.58 Å². The third kappa shape index (κ3) is 1.31. The van der Waals surface area contributed by atoms with Crippen LogP contribution in [-0.4, -0.2) is 19.1 Å². The van der Waals surface area contributed by atoms with E-state index in [0.717, 1.165) is 21.3 Å². The van der Waals surface area contributed by atoms with Gasteiger partial charge in [-0.15, -0.1) is 0 Å². The van der Waals surface area contributed by atoms with Crippen molar-refractivity contribution in [1.29, 1.82) is 0 Å². The molecule has 68 valence electrons. The van der Waals surface area contributed by atoms with Gasteiger partial charge in [-0.3, -0.25) is 0 Å². The van der Waals surface area contributed by atoms with Gasteiger partial charge in [0.2, 0.25) is 0 Å². The second-order valence-corrected chi connectivity index (χ2v) is 3.84. The second kappa shape index (κ2) is 3.03. The van der Waals surface area contributed by atoms with Gasteiger partial charge in [-0.25, -0.2) is 4.98 Å². The quantitative estimate of drug-likeness (QED) is 0.768. The number of nitrogens with zero attached hydrogens (tertiary/aromatic N) is 2. The minimum atomic E-state index is 0.846. The molecule has 0 spiro atoms. The van der Waals surface area contributed by atoms with E-state index in [4.69, 9.17) is 4.42 Å². The molecule has 0 aliphatic rings. The van der Waals surface area contributed by atoms with Crippen LogP contribution in [0.5, 0.6) is 0 Å². The Labute approximate surface area is 84.5 Å². The van der Waals surface area contributed by atoms with E-state index in [2.05, 4.69) is 20.9 Å². The molecule has 0 atom stereocenters. The van der Waals surface area contributed by atoms with Gasteiger partial charge in [0, 0.05) is 20.3 Å². The standard InChI is InChI=1S/C9H9BrN2O/c1-12(2)9-6-3-4-13-8(6)7(10)5-11-9/h3-5H,1-2H3. The van der Waals surface area contributed by atoms with Crippen molar-refractivity contribution in [3.8, 4) is 0 Å². The molecule has 2 aromatic rings. The first kappa shape index (κ1) is 8.56. The molecule has 0 aliphatic heterocycles. The molecule has 0 radical (unpaired) electrons. The van der Waals surface area contributed by atoms with Crippen LogP contribution in [0.4, 0.5) is 5.82 Å². The Morgan fingerprint density at radius 3 is 2.92 bits per heavy atom. The third-order valence-corrected chi connectivity index (χ3v) is 2.41. The third-order valence-electron chi connectivity index (χ3n) is 1.85. The molecule has 4 heteroatoms. The molecule has 0 fully saturated rings. The lowest BCUT2D eigenvalue weighted by atomic mass is 10.3. The minimum Gasteiger partial charge on any atom is -0.463 e. The zero-order valence-electron chi connectivity index (χ0n) is 7.41. The van der Waals surface area contributed by atoms with Crippen molar-refractivity contribution >= 4 is 32.7 Å². The molecule has 0 saturated carbocycles. The molecule has 0 aliphatic carbocycles. The topological polar surface area (TPSA) is 29.3 Å². The van der Waals surface area contributed by atoms with Crippen LogP contribution in [0, 0.1) is 0 Å². The van der Waals surface area contributed by atoms with Crippen molar-refractivity contribution in [3.05, 3.63) is 23.0 Å². The molecule has 3 nitrogen and oxygen atoms in total. The van der Waals surface area contributed by atoms with Crippen LogP contribution in [0.15, 0.2) is 27.4 Å². The van der Waals surface area contributed by atoms with E-state index in [1.54, 1.807) is 12.5 Å². The van der Waals surface area contributed by atoms with Gasteiger partial charge in [0.05, 0.1) is 16.1 Å². The molecule has 2 heterocycles. The molecule has 0 bridgehead atoms. The number of rotatable bonds is 1. The normalized spacial score (nSPS) is 10.7. The summed E-state index contributed by atoms with van der Waals surface area (Å²) in [5, 5.41) is 1.03. The SMILES string of the molecule is CN(C)c1ncc(Br)c2occc12. The molecule has 0 aromatic carbocycles. The Bertz CT molecular complexity index is 436. The fraction of sp³-hybridized carbons (Fsp3) is 0.222. The average Bonchev–Trinajstić information content (AvgIpc) is 2.53. The maximum absolute atomic E-state index is 5.33. The Hall–Kier alpha value is -1.03. The number of furan rings is 1. The highest BCUT2D eigenvalue weighted by Crippen LogP contribution is 2.29. The summed E-state index contributed by atoms with van der Waals surface area (Å²) in [6.07, 6.45) is 3.42. The summed E-state index contributed by atoms with van der Waals surface area (Å²) in [5.74, 6) is 0.923. The number of pyridine rings is 1.